The topological polar surface area (TPSA) is 176 Å². The van der Waals surface area contributed by atoms with Crippen LogP contribution in [0, 0.1) is 0 Å². The van der Waals surface area contributed by atoms with Gasteiger partial charge in [-0.25, -0.2) is 19.7 Å². The van der Waals surface area contributed by atoms with Gasteiger partial charge in [0.25, 0.3) is 5.56 Å². The van der Waals surface area contributed by atoms with Crippen molar-refractivity contribution in [3.63, 3.8) is 0 Å². The summed E-state index contributed by atoms with van der Waals surface area (Å²) in [6.45, 7) is 6.70. The van der Waals surface area contributed by atoms with Crippen LogP contribution in [0.1, 0.15) is 44.0 Å². The molecule has 4 rings (SSSR count). The van der Waals surface area contributed by atoms with Crippen LogP contribution in [-0.2, 0) is 24.9 Å². The number of ether oxygens (including phenoxy) is 1. The van der Waals surface area contributed by atoms with Gasteiger partial charge in [-0.1, -0.05) is 23.8 Å². The zero-order valence-electron chi connectivity index (χ0n) is 24.2. The number of imide groups is 1. The number of benzene rings is 1. The maximum Gasteiger partial charge on any atom is 0.415 e. The van der Waals surface area contributed by atoms with E-state index < -0.39 is 35.7 Å². The fourth-order valence-electron chi connectivity index (χ4n) is 4.81. The van der Waals surface area contributed by atoms with E-state index in [0.717, 1.165) is 23.0 Å². The first-order valence-corrected chi connectivity index (χ1v) is 13.7. The molecule has 3 aromatic rings. The summed E-state index contributed by atoms with van der Waals surface area (Å²) < 4.78 is 8.61. The lowest BCUT2D eigenvalue weighted by Gasteiger charge is -2.31. The van der Waals surface area contributed by atoms with E-state index in [-0.39, 0.29) is 35.1 Å². The number of piperidine rings is 1. The third-order valence-corrected chi connectivity index (χ3v) is 6.87. The molecule has 14 heteroatoms. The van der Waals surface area contributed by atoms with Gasteiger partial charge in [-0.2, -0.15) is 4.98 Å². The van der Waals surface area contributed by atoms with Crippen LogP contribution < -0.4 is 32.5 Å². The molecular formula is C28H36N8O6. The van der Waals surface area contributed by atoms with E-state index >= 15 is 0 Å². The molecule has 42 heavy (non-hydrogen) atoms. The quantitative estimate of drug-likeness (QED) is 0.266. The summed E-state index contributed by atoms with van der Waals surface area (Å²) >= 11 is 0. The number of nitrogens with zero attached hydrogens (tertiary/aromatic N) is 5. The predicted molar refractivity (Wildman–Crippen MR) is 158 cm³/mol. The molecular weight excluding hydrogens is 544 g/mol. The number of nitrogens with two attached hydrogens (primary N) is 1. The molecule has 1 aromatic carbocycles. The molecule has 1 aliphatic heterocycles. The Hall–Kier alpha value is -4.72. The van der Waals surface area contributed by atoms with Crippen molar-refractivity contribution < 1.29 is 19.1 Å². The molecule has 4 N–H and O–H groups in total. The average molecular weight is 581 g/mol. The number of hydrogen-bond donors (Lipinski definition) is 3. The zero-order chi connectivity index (χ0) is 30.6. The Kier molecular flexibility index (Phi) is 9.25. The largest absolute Gasteiger partial charge is 0.450 e. The fourth-order valence-corrected chi connectivity index (χ4v) is 4.81. The number of carbonyl (C=O) groups is 3. The molecule has 224 valence electrons. The van der Waals surface area contributed by atoms with E-state index in [1.165, 1.54) is 35.9 Å². The van der Waals surface area contributed by atoms with Gasteiger partial charge in [-0.15, -0.1) is 0 Å². The van der Waals surface area contributed by atoms with Crippen molar-refractivity contribution >= 4 is 40.7 Å². The van der Waals surface area contributed by atoms with Gasteiger partial charge in [0.15, 0.2) is 16.9 Å². The molecule has 1 saturated heterocycles. The van der Waals surface area contributed by atoms with Crippen molar-refractivity contribution in [3.05, 3.63) is 62.3 Å². The maximum absolute atomic E-state index is 13.8. The lowest BCUT2D eigenvalue weighted by molar-refractivity contribution is 0.0968. The Bertz CT molecular complexity index is 1660. The highest BCUT2D eigenvalue weighted by molar-refractivity contribution is 6.01. The van der Waals surface area contributed by atoms with Gasteiger partial charge in [0.05, 0.1) is 13.2 Å². The van der Waals surface area contributed by atoms with E-state index in [1.807, 2.05) is 30.1 Å². The fraction of sp³-hybridized carbons (Fsp3) is 0.429. The van der Waals surface area contributed by atoms with Gasteiger partial charge >= 0.3 is 17.8 Å². The van der Waals surface area contributed by atoms with Gasteiger partial charge in [0, 0.05) is 44.0 Å². The lowest BCUT2D eigenvalue weighted by Crippen LogP contribution is -2.44. The second-order valence-corrected chi connectivity index (χ2v) is 10.4. The Morgan fingerprint density at radius 2 is 1.95 bits per heavy atom. The van der Waals surface area contributed by atoms with E-state index in [2.05, 4.69) is 10.1 Å². The highest BCUT2D eigenvalue weighted by atomic mass is 16.5. The van der Waals surface area contributed by atoms with Crippen LogP contribution in [-0.4, -0.2) is 62.3 Å². The van der Waals surface area contributed by atoms with Gasteiger partial charge in [-0.05, 0) is 45.7 Å². The number of fused-ring (bicyclic) bond motifs is 1. The lowest BCUT2D eigenvalue weighted by atomic mass is 10.1. The molecule has 1 aliphatic rings. The summed E-state index contributed by atoms with van der Waals surface area (Å²) in [5.41, 5.74) is 6.76. The average Bonchev–Trinajstić information content (AvgIpc) is 3.33. The molecule has 0 bridgehead atoms. The first kappa shape index (κ1) is 30.2. The standard InChI is InChI=1S/C28H36N8O6/c1-5-42-27(40)32-25(39)30-20-10-6-8-18(14-20)21(37)16-36-24(38)22-23(33(4)28(36)41)31-26(35(22)13-11-17(2)3)34-12-7-9-19(29)15-34/h6,8,10-11,14,19H,5,7,9,12-13,15-16,29H2,1-4H3,(H2,30,32,39,40). The number of rotatable bonds is 8. The molecule has 3 amide bonds. The van der Waals surface area contributed by atoms with Gasteiger partial charge < -0.3 is 25.3 Å². The second kappa shape index (κ2) is 12.9. The molecule has 14 nitrogen and oxygen atoms in total. The van der Waals surface area contributed by atoms with Gasteiger partial charge in [-0.3, -0.25) is 18.7 Å². The van der Waals surface area contributed by atoms with Crippen LogP contribution in [0.5, 0.6) is 0 Å². The van der Waals surface area contributed by atoms with Crippen LogP contribution in [0.25, 0.3) is 11.2 Å². The summed E-state index contributed by atoms with van der Waals surface area (Å²) in [5, 5.41) is 4.44. The minimum absolute atomic E-state index is 0.0324. The summed E-state index contributed by atoms with van der Waals surface area (Å²) in [5.74, 6) is 0.0225. The first-order chi connectivity index (χ1) is 20.0. The SMILES string of the molecule is CCOC(=O)NC(=O)Nc1cccc(C(=O)Cn2c(=O)c3c(nc(N4CCCC(N)C4)n3CC=C(C)C)n(C)c2=O)c1. The smallest absolute Gasteiger partial charge is 0.415 e. The molecule has 0 radical (unpaired) electrons. The summed E-state index contributed by atoms with van der Waals surface area (Å²) in [7, 11) is 1.52. The van der Waals surface area contributed by atoms with E-state index in [4.69, 9.17) is 10.7 Å². The van der Waals surface area contributed by atoms with Crippen molar-refractivity contribution in [2.75, 3.05) is 29.9 Å². The number of aryl methyl sites for hydroxylation is 1. The van der Waals surface area contributed by atoms with E-state index in [1.54, 1.807) is 11.5 Å². The molecule has 0 aliphatic carbocycles. The predicted octanol–water partition coefficient (Wildman–Crippen LogP) is 1.95. The highest BCUT2D eigenvalue weighted by Gasteiger charge is 2.26. The minimum atomic E-state index is -0.914. The number of Topliss-reactive ketones (excluding diaryl/α,β-unsaturated/α-hetero) is 1. The zero-order valence-corrected chi connectivity index (χ0v) is 24.2. The number of carbonyl (C=O) groups excluding carboxylic acids is 3. The molecule has 1 atom stereocenters. The summed E-state index contributed by atoms with van der Waals surface area (Å²) in [4.78, 5) is 70.7. The number of amides is 3. The third-order valence-electron chi connectivity index (χ3n) is 6.87. The number of allylic oxidation sites excluding steroid dienone is 2. The summed E-state index contributed by atoms with van der Waals surface area (Å²) in [6.07, 6.45) is 2.82. The van der Waals surface area contributed by atoms with E-state index in [0.29, 0.717) is 25.6 Å². The molecule has 3 heterocycles. The van der Waals surface area contributed by atoms with Crippen LogP contribution in [0.15, 0.2) is 45.5 Å². The van der Waals surface area contributed by atoms with Gasteiger partial charge in [0.1, 0.15) is 0 Å². The molecule has 0 saturated carbocycles. The molecule has 2 aromatic heterocycles. The van der Waals surface area contributed by atoms with Crippen LogP contribution in [0.3, 0.4) is 0 Å². The highest BCUT2D eigenvalue weighted by Crippen LogP contribution is 2.23. The van der Waals surface area contributed by atoms with Crippen molar-refractivity contribution in [1.29, 1.82) is 0 Å². The first-order valence-electron chi connectivity index (χ1n) is 13.7. The number of anilines is 2. The number of urea groups is 1. The Morgan fingerprint density at radius 1 is 1.19 bits per heavy atom. The van der Waals surface area contributed by atoms with Crippen LogP contribution >= 0.6 is 0 Å². The van der Waals surface area contributed by atoms with Crippen LogP contribution in [0.4, 0.5) is 21.2 Å². The number of ketones is 1. The Morgan fingerprint density at radius 3 is 2.64 bits per heavy atom. The van der Waals surface area contributed by atoms with Crippen molar-refractivity contribution in [2.45, 2.75) is 52.7 Å². The van der Waals surface area contributed by atoms with Crippen LogP contribution in [0.2, 0.25) is 0 Å². The molecule has 1 unspecified atom stereocenters. The monoisotopic (exact) mass is 580 g/mol. The van der Waals surface area contributed by atoms with Crippen molar-refractivity contribution in [2.24, 2.45) is 12.8 Å². The number of hydrogen-bond acceptors (Lipinski definition) is 9. The number of aromatic nitrogens is 4. The Balaban J connectivity index is 1.69. The van der Waals surface area contributed by atoms with E-state index in [9.17, 15) is 24.0 Å². The minimum Gasteiger partial charge on any atom is -0.450 e. The maximum atomic E-state index is 13.8. The summed E-state index contributed by atoms with van der Waals surface area (Å²) in [6, 6.07) is 5.06. The molecule has 0 spiro atoms. The number of alkyl carbamates (subject to hydrolysis) is 1. The number of nitrogens with one attached hydrogen (secondary N) is 2. The van der Waals surface area contributed by atoms with Crippen molar-refractivity contribution in [3.8, 4) is 0 Å². The third kappa shape index (κ3) is 6.60. The normalized spacial score (nSPS) is 14.9. The van der Waals surface area contributed by atoms with Crippen molar-refractivity contribution in [1.82, 2.24) is 24.0 Å². The van der Waals surface area contributed by atoms with Gasteiger partial charge in [0.2, 0.25) is 5.95 Å². The second-order valence-electron chi connectivity index (χ2n) is 10.4. The Labute approximate surface area is 241 Å². The molecule has 1 fully saturated rings. The number of imidazole rings is 1.